The van der Waals surface area contributed by atoms with Crippen molar-refractivity contribution >= 4 is 11.3 Å². The number of methoxy groups -OCH3 is 1. The highest BCUT2D eigenvalue weighted by atomic mass is 32.1. The van der Waals surface area contributed by atoms with Gasteiger partial charge >= 0.3 is 0 Å². The summed E-state index contributed by atoms with van der Waals surface area (Å²) in [4.78, 5) is 1.24. The van der Waals surface area contributed by atoms with Gasteiger partial charge in [-0.05, 0) is 29.1 Å². The molecule has 0 fully saturated rings. The second-order valence-corrected chi connectivity index (χ2v) is 5.06. The Kier molecular flexibility index (Phi) is 4.81. The third kappa shape index (κ3) is 4.00. The fourth-order valence-corrected chi connectivity index (χ4v) is 2.45. The molecular weight excluding hydrogens is 256 g/mol. The van der Waals surface area contributed by atoms with Crippen molar-refractivity contribution in [2.24, 2.45) is 0 Å². The van der Waals surface area contributed by atoms with Crippen LogP contribution in [0.4, 0.5) is 0 Å². The van der Waals surface area contributed by atoms with Crippen molar-refractivity contribution in [1.29, 1.82) is 0 Å². The minimum absolute atomic E-state index is 0.173. The van der Waals surface area contributed by atoms with Crippen LogP contribution in [-0.2, 0) is 6.42 Å². The Morgan fingerprint density at radius 2 is 1.84 bits per heavy atom. The van der Waals surface area contributed by atoms with Crippen molar-refractivity contribution in [3.63, 3.8) is 0 Å². The lowest BCUT2D eigenvalue weighted by Gasteiger charge is -2.06. The number of hydrogen-bond donors (Lipinski definition) is 1. The van der Waals surface area contributed by atoms with E-state index in [2.05, 4.69) is 11.4 Å². The van der Waals surface area contributed by atoms with E-state index in [9.17, 15) is 5.11 Å². The zero-order chi connectivity index (χ0) is 13.5. The number of phenolic OH excluding ortho intramolecular Hbond substituents is 1. The molecule has 0 aliphatic rings. The summed E-state index contributed by atoms with van der Waals surface area (Å²) >= 11 is 1.70. The van der Waals surface area contributed by atoms with Crippen molar-refractivity contribution in [3.05, 3.63) is 70.4 Å². The maximum atomic E-state index is 9.58. The van der Waals surface area contributed by atoms with Gasteiger partial charge in [-0.25, -0.2) is 0 Å². The molecule has 0 spiro atoms. The number of aromatic hydroxyl groups is 1. The molecule has 1 N–H and O–H groups in total. The maximum Gasteiger partial charge on any atom is 0.160 e. The fraction of sp³-hybridized carbons (Fsp3) is 0.125. The van der Waals surface area contributed by atoms with Gasteiger partial charge in [0.15, 0.2) is 11.5 Å². The maximum absolute atomic E-state index is 9.58. The van der Waals surface area contributed by atoms with Crippen LogP contribution in [0.15, 0.2) is 60.0 Å². The van der Waals surface area contributed by atoms with E-state index in [1.165, 1.54) is 4.88 Å². The van der Waals surface area contributed by atoms with E-state index >= 15 is 0 Å². The first-order chi connectivity index (χ1) is 9.29. The van der Waals surface area contributed by atoms with Gasteiger partial charge < -0.3 is 9.84 Å². The average molecular weight is 272 g/mol. The summed E-state index contributed by atoms with van der Waals surface area (Å²) in [6, 6.07) is 17.6. The van der Waals surface area contributed by atoms with Gasteiger partial charge in [-0.1, -0.05) is 36.4 Å². The van der Waals surface area contributed by atoms with Crippen LogP contribution in [-0.4, -0.2) is 12.2 Å². The van der Waals surface area contributed by atoms with Crippen LogP contribution in [0.2, 0.25) is 0 Å². The minimum Gasteiger partial charge on any atom is -0.504 e. The van der Waals surface area contributed by atoms with Gasteiger partial charge in [0.2, 0.25) is 0 Å². The Bertz CT molecular complexity index is 565. The Hall–Kier alpha value is -2.00. The van der Waals surface area contributed by atoms with Crippen molar-refractivity contribution in [3.8, 4) is 11.5 Å². The predicted octanol–water partition coefficient (Wildman–Crippen LogP) is 4.18. The number of rotatable bonds is 3. The van der Waals surface area contributed by atoms with Gasteiger partial charge in [0.25, 0.3) is 0 Å². The summed E-state index contributed by atoms with van der Waals surface area (Å²) in [6.07, 6.45) is 0.815. The second kappa shape index (κ2) is 6.81. The van der Waals surface area contributed by atoms with Gasteiger partial charge in [0.1, 0.15) is 0 Å². The topological polar surface area (TPSA) is 29.5 Å². The zero-order valence-corrected chi connectivity index (χ0v) is 11.6. The van der Waals surface area contributed by atoms with Gasteiger partial charge in [-0.15, -0.1) is 11.3 Å². The highest BCUT2D eigenvalue weighted by molar-refractivity contribution is 7.09. The van der Waals surface area contributed by atoms with Crippen molar-refractivity contribution in [2.75, 3.05) is 7.11 Å². The van der Waals surface area contributed by atoms with E-state index in [1.807, 2.05) is 42.5 Å². The normalized spacial score (nSPS) is 9.74. The summed E-state index contributed by atoms with van der Waals surface area (Å²) in [5, 5.41) is 11.6. The molecule has 0 saturated carbocycles. The number of hydrogen-bond acceptors (Lipinski definition) is 3. The van der Waals surface area contributed by atoms with Crippen LogP contribution in [0.3, 0.4) is 0 Å². The molecular formula is C16H16O2S. The lowest BCUT2D eigenvalue weighted by molar-refractivity contribution is 0.373. The molecule has 0 aliphatic carbocycles. The van der Waals surface area contributed by atoms with Gasteiger partial charge in [0, 0.05) is 11.3 Å². The monoisotopic (exact) mass is 272 g/mol. The molecule has 2 rings (SSSR count). The lowest BCUT2D eigenvalue weighted by Crippen LogP contribution is -1.89. The Morgan fingerprint density at radius 3 is 2.68 bits per heavy atom. The van der Waals surface area contributed by atoms with E-state index in [1.54, 1.807) is 24.5 Å². The smallest absolute Gasteiger partial charge is 0.160 e. The van der Waals surface area contributed by atoms with Crippen molar-refractivity contribution in [2.45, 2.75) is 6.42 Å². The lowest BCUT2D eigenvalue weighted by atomic mass is 10.1. The fourth-order valence-electron chi connectivity index (χ4n) is 1.70. The molecule has 1 aromatic carbocycles. The first-order valence-corrected chi connectivity index (χ1v) is 6.89. The summed E-state index contributed by atoms with van der Waals surface area (Å²) in [5.74, 6) is 0.685. The molecule has 0 saturated heterocycles. The summed E-state index contributed by atoms with van der Waals surface area (Å²) in [5.41, 5.74) is 1.11. The first kappa shape index (κ1) is 13.4. The molecule has 0 unspecified atom stereocenters. The largest absolute Gasteiger partial charge is 0.504 e. The second-order valence-electron chi connectivity index (χ2n) is 4.03. The third-order valence-electron chi connectivity index (χ3n) is 2.65. The predicted molar refractivity (Wildman–Crippen MR) is 79.4 cm³/mol. The van der Waals surface area contributed by atoms with Crippen LogP contribution in [0.25, 0.3) is 0 Å². The summed E-state index contributed by atoms with van der Waals surface area (Å²) < 4.78 is 5.13. The molecule has 2 aromatic rings. The van der Waals surface area contributed by atoms with E-state index in [-0.39, 0.29) is 5.75 Å². The Labute approximate surface area is 117 Å². The average Bonchev–Trinajstić information content (AvgIpc) is 2.55. The minimum atomic E-state index is 0.173. The van der Waals surface area contributed by atoms with Crippen LogP contribution < -0.4 is 4.74 Å². The highest BCUT2D eigenvalue weighted by Crippen LogP contribution is 2.27. The standard InChI is InChI=1S/C16H16O2S/c1-18-16-12-13(8-9-15(16)17)11-14-7-5-3-2-4-6-10-19-14/h2-10,12,17H,11H2,1H3. The summed E-state index contributed by atoms with van der Waals surface area (Å²) in [6.45, 7) is 0. The van der Waals surface area contributed by atoms with Crippen molar-refractivity contribution in [1.82, 2.24) is 0 Å². The molecule has 0 amide bonds. The summed E-state index contributed by atoms with van der Waals surface area (Å²) in [7, 11) is 1.56. The third-order valence-corrected chi connectivity index (χ3v) is 3.52. The number of phenols is 1. The molecule has 3 heteroatoms. The Balaban J connectivity index is 2.29. The van der Waals surface area contributed by atoms with Crippen molar-refractivity contribution < 1.29 is 9.84 Å². The van der Waals surface area contributed by atoms with Crippen LogP contribution >= 0.6 is 11.3 Å². The number of ether oxygens (including phenoxy) is 1. The molecule has 1 heterocycles. The van der Waals surface area contributed by atoms with Crippen LogP contribution in [0, 0.1) is 0 Å². The van der Waals surface area contributed by atoms with Crippen LogP contribution in [0.1, 0.15) is 10.4 Å². The SMILES string of the molecule is COc1cc(Cc2cccccccs2)ccc1O. The van der Waals surface area contributed by atoms with E-state index in [4.69, 9.17) is 4.74 Å². The molecule has 2 nitrogen and oxygen atoms in total. The highest BCUT2D eigenvalue weighted by Gasteiger charge is 2.03. The Morgan fingerprint density at radius 1 is 1.05 bits per heavy atom. The molecule has 0 radical (unpaired) electrons. The molecule has 0 aliphatic heterocycles. The molecule has 19 heavy (non-hydrogen) atoms. The first-order valence-electron chi connectivity index (χ1n) is 6.01. The quantitative estimate of drug-likeness (QED) is 0.908. The zero-order valence-electron chi connectivity index (χ0n) is 10.7. The van der Waals surface area contributed by atoms with E-state index in [0.717, 1.165) is 12.0 Å². The molecule has 1 aromatic heterocycles. The van der Waals surface area contributed by atoms with E-state index in [0.29, 0.717) is 5.75 Å². The number of benzene rings is 1. The van der Waals surface area contributed by atoms with E-state index < -0.39 is 0 Å². The van der Waals surface area contributed by atoms with Gasteiger partial charge in [-0.3, -0.25) is 0 Å². The molecule has 98 valence electrons. The molecule has 0 bridgehead atoms. The van der Waals surface area contributed by atoms with Gasteiger partial charge in [0.05, 0.1) is 7.11 Å². The van der Waals surface area contributed by atoms with Crippen LogP contribution in [0.5, 0.6) is 11.5 Å². The molecule has 0 atom stereocenters. The van der Waals surface area contributed by atoms with Gasteiger partial charge in [-0.2, -0.15) is 0 Å².